The molecule has 1 amide bonds. The Morgan fingerprint density at radius 3 is 2.79 bits per heavy atom. The number of aromatic nitrogens is 1. The lowest BCUT2D eigenvalue weighted by Crippen LogP contribution is -2.12. The summed E-state index contributed by atoms with van der Waals surface area (Å²) >= 11 is 7.48. The Balaban J connectivity index is 1.98. The number of para-hydroxylation sites is 1. The van der Waals surface area contributed by atoms with Crippen molar-refractivity contribution in [2.45, 2.75) is 0 Å². The van der Waals surface area contributed by atoms with E-state index in [4.69, 9.17) is 11.6 Å². The molecule has 0 spiro atoms. The largest absolute Gasteiger partial charge is 0.322 e. The lowest BCUT2D eigenvalue weighted by molar-refractivity contribution is 0.102. The minimum atomic E-state index is -0.178. The Hall–Kier alpha value is -1.91. The Morgan fingerprint density at radius 2 is 2.00 bits per heavy atom. The summed E-state index contributed by atoms with van der Waals surface area (Å²) in [5.74, 6) is -0.178. The van der Waals surface area contributed by atoms with Gasteiger partial charge in [-0.25, -0.2) is 4.98 Å². The van der Waals surface area contributed by atoms with Gasteiger partial charge in [-0.3, -0.25) is 4.79 Å². The summed E-state index contributed by atoms with van der Waals surface area (Å²) in [6.07, 6.45) is 1.51. The van der Waals surface area contributed by atoms with Crippen LogP contribution < -0.4 is 5.32 Å². The summed E-state index contributed by atoms with van der Waals surface area (Å²) in [5, 5.41) is 5.98. The van der Waals surface area contributed by atoms with Gasteiger partial charge in [-0.05, 0) is 23.6 Å². The molecule has 19 heavy (non-hydrogen) atoms. The van der Waals surface area contributed by atoms with Gasteiger partial charge in [0.1, 0.15) is 5.15 Å². The highest BCUT2D eigenvalue weighted by atomic mass is 35.5. The molecule has 0 fully saturated rings. The third kappa shape index (κ3) is 2.32. The molecule has 3 aromatic rings. The van der Waals surface area contributed by atoms with Gasteiger partial charge >= 0.3 is 0 Å². The maximum atomic E-state index is 12.2. The van der Waals surface area contributed by atoms with Crippen LogP contribution in [0.2, 0.25) is 5.15 Å². The fourth-order valence-electron chi connectivity index (χ4n) is 1.81. The van der Waals surface area contributed by atoms with E-state index in [1.807, 2.05) is 41.8 Å². The van der Waals surface area contributed by atoms with E-state index >= 15 is 0 Å². The van der Waals surface area contributed by atoms with Crippen molar-refractivity contribution >= 4 is 44.6 Å². The fraction of sp³-hybridized carbons (Fsp3) is 0. The normalized spacial score (nSPS) is 10.6. The Labute approximate surface area is 118 Å². The second-order valence-corrected chi connectivity index (χ2v) is 5.22. The molecule has 0 unspecified atom stereocenters. The number of pyridine rings is 1. The van der Waals surface area contributed by atoms with Crippen LogP contribution in [0.4, 0.5) is 5.69 Å². The second kappa shape index (κ2) is 4.99. The molecule has 2 heterocycles. The van der Waals surface area contributed by atoms with Gasteiger partial charge in [-0.15, -0.1) is 11.3 Å². The summed E-state index contributed by atoms with van der Waals surface area (Å²) in [6.45, 7) is 0. The third-order valence-electron chi connectivity index (χ3n) is 2.72. The fourth-order valence-corrected chi connectivity index (χ4v) is 2.98. The van der Waals surface area contributed by atoms with Crippen molar-refractivity contribution in [1.82, 2.24) is 4.98 Å². The van der Waals surface area contributed by atoms with Crippen molar-refractivity contribution in [3.05, 3.63) is 58.7 Å². The number of carbonyl (C=O) groups excluding carboxylic acids is 1. The van der Waals surface area contributed by atoms with E-state index in [2.05, 4.69) is 10.3 Å². The minimum Gasteiger partial charge on any atom is -0.322 e. The maximum Gasteiger partial charge on any atom is 0.258 e. The number of halogens is 1. The van der Waals surface area contributed by atoms with Gasteiger partial charge in [0.15, 0.2) is 0 Å². The topological polar surface area (TPSA) is 42.0 Å². The molecule has 94 valence electrons. The average molecular weight is 289 g/mol. The molecule has 3 nitrogen and oxygen atoms in total. The third-order valence-corrected chi connectivity index (χ3v) is 3.96. The van der Waals surface area contributed by atoms with Crippen LogP contribution in [0, 0.1) is 0 Å². The predicted octanol–water partition coefficient (Wildman–Crippen LogP) is 4.20. The Kier molecular flexibility index (Phi) is 3.19. The zero-order valence-electron chi connectivity index (χ0n) is 9.76. The molecule has 0 bridgehead atoms. The summed E-state index contributed by atoms with van der Waals surface area (Å²) in [7, 11) is 0. The molecular weight excluding hydrogens is 280 g/mol. The number of benzene rings is 1. The molecule has 0 aliphatic heterocycles. The van der Waals surface area contributed by atoms with Crippen molar-refractivity contribution in [3.63, 3.8) is 0 Å². The highest BCUT2D eigenvalue weighted by molar-refractivity contribution is 7.17. The van der Waals surface area contributed by atoms with Crippen LogP contribution in [0.25, 0.3) is 10.1 Å². The molecule has 0 radical (unpaired) electrons. The Morgan fingerprint density at radius 1 is 1.21 bits per heavy atom. The Bertz CT molecular complexity index is 740. The smallest absolute Gasteiger partial charge is 0.258 e. The first-order valence-corrected chi connectivity index (χ1v) is 6.89. The standard InChI is InChI=1S/C14H9ClN2OS/c15-13-10-6-7-19-12(10)11(8-16-13)14(18)17-9-4-2-1-3-5-9/h1-8H,(H,17,18). The van der Waals surface area contributed by atoms with E-state index in [1.54, 1.807) is 0 Å². The molecule has 0 atom stereocenters. The molecule has 1 aromatic carbocycles. The molecule has 0 aliphatic rings. The lowest BCUT2D eigenvalue weighted by Gasteiger charge is -2.06. The first-order chi connectivity index (χ1) is 9.25. The van der Waals surface area contributed by atoms with Crippen LogP contribution >= 0.6 is 22.9 Å². The maximum absolute atomic E-state index is 12.2. The van der Waals surface area contributed by atoms with Crippen LogP contribution in [0.1, 0.15) is 10.4 Å². The summed E-state index contributed by atoms with van der Waals surface area (Å²) < 4.78 is 0.855. The van der Waals surface area contributed by atoms with Crippen LogP contribution in [-0.4, -0.2) is 10.9 Å². The van der Waals surface area contributed by atoms with E-state index in [1.165, 1.54) is 17.5 Å². The summed E-state index contributed by atoms with van der Waals surface area (Å²) in [6, 6.07) is 11.2. The zero-order chi connectivity index (χ0) is 13.2. The highest BCUT2D eigenvalue weighted by Gasteiger charge is 2.14. The number of nitrogens with zero attached hydrogens (tertiary/aromatic N) is 1. The number of nitrogens with one attached hydrogen (secondary N) is 1. The summed E-state index contributed by atoms with van der Waals surface area (Å²) in [5.41, 5.74) is 1.30. The highest BCUT2D eigenvalue weighted by Crippen LogP contribution is 2.29. The molecule has 1 N–H and O–H groups in total. The van der Waals surface area contributed by atoms with Crippen molar-refractivity contribution in [3.8, 4) is 0 Å². The van der Waals surface area contributed by atoms with Gasteiger partial charge in [0.2, 0.25) is 0 Å². The minimum absolute atomic E-state index is 0.178. The first kappa shape index (κ1) is 12.1. The molecule has 0 aliphatic carbocycles. The zero-order valence-corrected chi connectivity index (χ0v) is 11.3. The SMILES string of the molecule is O=C(Nc1ccccc1)c1cnc(Cl)c2ccsc12. The second-order valence-electron chi connectivity index (χ2n) is 3.95. The molecule has 0 saturated heterocycles. The first-order valence-electron chi connectivity index (χ1n) is 5.64. The number of carbonyl (C=O) groups is 1. The van der Waals surface area contributed by atoms with Crippen molar-refractivity contribution < 1.29 is 4.79 Å². The van der Waals surface area contributed by atoms with Crippen LogP contribution in [0.15, 0.2) is 48.0 Å². The van der Waals surface area contributed by atoms with E-state index in [-0.39, 0.29) is 5.91 Å². The van der Waals surface area contributed by atoms with E-state index in [9.17, 15) is 4.79 Å². The van der Waals surface area contributed by atoms with Gasteiger partial charge in [-0.1, -0.05) is 29.8 Å². The van der Waals surface area contributed by atoms with Crippen molar-refractivity contribution in [1.29, 1.82) is 0 Å². The molecule has 5 heteroatoms. The molecule has 0 saturated carbocycles. The monoisotopic (exact) mass is 288 g/mol. The summed E-state index contributed by atoms with van der Waals surface area (Å²) in [4.78, 5) is 16.3. The van der Waals surface area contributed by atoms with Gasteiger partial charge < -0.3 is 5.32 Å². The lowest BCUT2D eigenvalue weighted by atomic mass is 10.2. The van der Waals surface area contributed by atoms with E-state index in [0.717, 1.165) is 15.8 Å². The van der Waals surface area contributed by atoms with Crippen LogP contribution in [0.5, 0.6) is 0 Å². The average Bonchev–Trinajstić information content (AvgIpc) is 2.90. The van der Waals surface area contributed by atoms with E-state index < -0.39 is 0 Å². The molecular formula is C14H9ClN2OS. The quantitative estimate of drug-likeness (QED) is 0.718. The number of fused-ring (bicyclic) bond motifs is 1. The van der Waals surface area contributed by atoms with Crippen molar-refractivity contribution in [2.75, 3.05) is 5.32 Å². The molecule has 3 rings (SSSR count). The number of thiophene rings is 1. The number of hydrogen-bond acceptors (Lipinski definition) is 3. The molecule has 2 aromatic heterocycles. The number of anilines is 1. The van der Waals surface area contributed by atoms with Gasteiger partial charge in [0.25, 0.3) is 5.91 Å². The van der Waals surface area contributed by atoms with Gasteiger partial charge in [0.05, 0.1) is 10.3 Å². The number of hydrogen-bond donors (Lipinski definition) is 1. The van der Waals surface area contributed by atoms with Crippen molar-refractivity contribution in [2.24, 2.45) is 0 Å². The number of rotatable bonds is 2. The van der Waals surface area contributed by atoms with Crippen LogP contribution in [-0.2, 0) is 0 Å². The van der Waals surface area contributed by atoms with E-state index in [0.29, 0.717) is 10.7 Å². The number of amides is 1. The predicted molar refractivity (Wildman–Crippen MR) is 79.0 cm³/mol. The van der Waals surface area contributed by atoms with Gasteiger partial charge in [-0.2, -0.15) is 0 Å². The van der Waals surface area contributed by atoms with Gasteiger partial charge in [0, 0.05) is 17.3 Å². The van der Waals surface area contributed by atoms with Crippen LogP contribution in [0.3, 0.4) is 0 Å².